The molecule has 0 radical (unpaired) electrons. The van der Waals surface area contributed by atoms with Crippen molar-refractivity contribution in [3.63, 3.8) is 0 Å². The van der Waals surface area contributed by atoms with Crippen LogP contribution in [0.3, 0.4) is 0 Å². The average Bonchev–Trinajstić information content (AvgIpc) is 3.40. The van der Waals surface area contributed by atoms with E-state index in [0.29, 0.717) is 43.2 Å². The molecule has 9 nitrogen and oxygen atoms in total. The average molecular weight is 373 g/mol. The van der Waals surface area contributed by atoms with Crippen LogP contribution in [0.2, 0.25) is 0 Å². The summed E-state index contributed by atoms with van der Waals surface area (Å²) >= 11 is 0. The van der Waals surface area contributed by atoms with Gasteiger partial charge in [-0.1, -0.05) is 5.16 Å². The van der Waals surface area contributed by atoms with Crippen LogP contribution in [0.25, 0.3) is 0 Å². The summed E-state index contributed by atoms with van der Waals surface area (Å²) < 4.78 is 7.76. The Hall–Kier alpha value is -2.84. The van der Waals surface area contributed by atoms with E-state index in [2.05, 4.69) is 10.5 Å². The lowest BCUT2D eigenvalue weighted by Gasteiger charge is -2.33. The molecular formula is C18H23N5O4. The minimum absolute atomic E-state index is 0.0196. The number of nitrogens with one attached hydrogen (secondary N) is 1. The van der Waals surface area contributed by atoms with E-state index in [9.17, 15) is 14.4 Å². The molecule has 2 aromatic rings. The van der Waals surface area contributed by atoms with E-state index in [4.69, 9.17) is 4.52 Å². The van der Waals surface area contributed by atoms with Gasteiger partial charge in [0.25, 0.3) is 11.5 Å². The minimum atomic E-state index is -0.343. The van der Waals surface area contributed by atoms with Crippen LogP contribution in [0.15, 0.2) is 26.4 Å². The first-order valence-electron chi connectivity index (χ1n) is 9.23. The molecule has 2 aromatic heterocycles. The van der Waals surface area contributed by atoms with Gasteiger partial charge in [-0.2, -0.15) is 0 Å². The molecule has 27 heavy (non-hydrogen) atoms. The Kier molecular flexibility index (Phi) is 4.37. The standard InChI is InChI=1S/C18H23N5O4/c1-21-10-14(17(25)22(2)18(21)26)23-7-5-12(6-8-23)19-16(24)13-9-15(27-20-13)11-3-4-11/h9-12H,3-8H2,1-2H3,(H,19,24). The van der Waals surface area contributed by atoms with E-state index in [-0.39, 0.29) is 23.2 Å². The SMILES string of the molecule is Cn1cc(N2CCC(NC(=O)c3cc(C4CC4)on3)CC2)c(=O)n(C)c1=O. The highest BCUT2D eigenvalue weighted by Crippen LogP contribution is 2.40. The summed E-state index contributed by atoms with van der Waals surface area (Å²) in [5, 5.41) is 6.87. The topological polar surface area (TPSA) is 102 Å². The number of nitrogens with zero attached hydrogens (tertiary/aromatic N) is 4. The molecule has 3 heterocycles. The van der Waals surface area contributed by atoms with Crippen LogP contribution in [0.5, 0.6) is 0 Å². The van der Waals surface area contributed by atoms with Gasteiger partial charge in [-0.15, -0.1) is 0 Å². The Morgan fingerprint density at radius 3 is 2.56 bits per heavy atom. The van der Waals surface area contributed by atoms with E-state index in [1.54, 1.807) is 19.3 Å². The summed E-state index contributed by atoms with van der Waals surface area (Å²) in [6.07, 6.45) is 5.20. The summed E-state index contributed by atoms with van der Waals surface area (Å²) in [6, 6.07) is 1.75. The van der Waals surface area contributed by atoms with Crippen LogP contribution in [0.1, 0.15) is 47.8 Å². The van der Waals surface area contributed by atoms with Crippen molar-refractivity contribution in [3.8, 4) is 0 Å². The van der Waals surface area contributed by atoms with Gasteiger partial charge in [0.05, 0.1) is 0 Å². The number of anilines is 1. The molecule has 0 unspecified atom stereocenters. The monoisotopic (exact) mass is 373 g/mol. The van der Waals surface area contributed by atoms with Crippen molar-refractivity contribution < 1.29 is 9.32 Å². The number of hydrogen-bond donors (Lipinski definition) is 1. The van der Waals surface area contributed by atoms with Gasteiger partial charge in [0, 0.05) is 51.4 Å². The van der Waals surface area contributed by atoms with Crippen LogP contribution < -0.4 is 21.5 Å². The van der Waals surface area contributed by atoms with Gasteiger partial charge in [0.2, 0.25) is 0 Å². The molecule has 2 fully saturated rings. The third-order valence-corrected chi connectivity index (χ3v) is 5.34. The fraction of sp³-hybridized carbons (Fsp3) is 0.556. The first kappa shape index (κ1) is 17.6. The van der Waals surface area contributed by atoms with Crippen molar-refractivity contribution in [1.29, 1.82) is 0 Å². The molecule has 0 atom stereocenters. The maximum Gasteiger partial charge on any atom is 0.330 e. The number of rotatable bonds is 4. The highest BCUT2D eigenvalue weighted by molar-refractivity contribution is 5.92. The second-order valence-electron chi connectivity index (χ2n) is 7.40. The molecule has 4 rings (SSSR count). The van der Waals surface area contributed by atoms with E-state index in [0.717, 1.165) is 23.2 Å². The quantitative estimate of drug-likeness (QED) is 0.830. The van der Waals surface area contributed by atoms with Crippen LogP contribution >= 0.6 is 0 Å². The van der Waals surface area contributed by atoms with Crippen LogP contribution in [-0.2, 0) is 14.1 Å². The van der Waals surface area contributed by atoms with Gasteiger partial charge < -0.3 is 19.3 Å². The largest absolute Gasteiger partial charge is 0.366 e. The normalized spacial score (nSPS) is 17.9. The predicted molar refractivity (Wildman–Crippen MR) is 98.1 cm³/mol. The number of aromatic nitrogens is 3. The smallest absolute Gasteiger partial charge is 0.330 e. The van der Waals surface area contributed by atoms with Gasteiger partial charge in [0.1, 0.15) is 11.4 Å². The summed E-state index contributed by atoms with van der Waals surface area (Å²) in [7, 11) is 3.11. The van der Waals surface area contributed by atoms with Gasteiger partial charge in [0.15, 0.2) is 5.69 Å². The lowest BCUT2D eigenvalue weighted by atomic mass is 10.0. The Morgan fingerprint density at radius 2 is 1.89 bits per heavy atom. The van der Waals surface area contributed by atoms with Gasteiger partial charge in [-0.05, 0) is 25.7 Å². The Labute approximate surface area is 155 Å². The van der Waals surface area contributed by atoms with E-state index in [1.165, 1.54) is 11.6 Å². The first-order valence-corrected chi connectivity index (χ1v) is 9.23. The maximum absolute atomic E-state index is 12.4. The molecule has 0 bridgehead atoms. The zero-order valence-corrected chi connectivity index (χ0v) is 15.5. The Morgan fingerprint density at radius 1 is 1.19 bits per heavy atom. The molecule has 1 saturated carbocycles. The molecule has 1 saturated heterocycles. The molecule has 9 heteroatoms. The highest BCUT2D eigenvalue weighted by atomic mass is 16.5. The van der Waals surface area contributed by atoms with Gasteiger partial charge in [-0.25, -0.2) is 4.79 Å². The fourth-order valence-corrected chi connectivity index (χ4v) is 3.49. The molecular weight excluding hydrogens is 350 g/mol. The minimum Gasteiger partial charge on any atom is -0.366 e. The lowest BCUT2D eigenvalue weighted by Crippen LogP contribution is -2.47. The fourth-order valence-electron chi connectivity index (χ4n) is 3.49. The second-order valence-corrected chi connectivity index (χ2v) is 7.40. The molecule has 1 aliphatic carbocycles. The van der Waals surface area contributed by atoms with Crippen LogP contribution in [0, 0.1) is 0 Å². The summed E-state index contributed by atoms with van der Waals surface area (Å²) in [6.45, 7) is 1.26. The highest BCUT2D eigenvalue weighted by Gasteiger charge is 2.30. The Balaban J connectivity index is 1.38. The molecule has 1 aliphatic heterocycles. The Bertz CT molecular complexity index is 976. The second kappa shape index (κ2) is 6.71. The number of aryl methyl sites for hydroxylation is 1. The third-order valence-electron chi connectivity index (χ3n) is 5.34. The zero-order valence-electron chi connectivity index (χ0n) is 15.5. The summed E-state index contributed by atoms with van der Waals surface area (Å²) in [4.78, 5) is 38.5. The number of amides is 1. The molecule has 1 N–H and O–H groups in total. The zero-order chi connectivity index (χ0) is 19.1. The van der Waals surface area contributed by atoms with Crippen molar-refractivity contribution in [1.82, 2.24) is 19.6 Å². The molecule has 1 amide bonds. The van der Waals surface area contributed by atoms with Crippen molar-refractivity contribution in [2.24, 2.45) is 14.1 Å². The number of hydrogen-bond acceptors (Lipinski definition) is 6. The maximum atomic E-state index is 12.4. The van der Waals surface area contributed by atoms with Crippen molar-refractivity contribution >= 4 is 11.6 Å². The summed E-state index contributed by atoms with van der Waals surface area (Å²) in [5.41, 5.74) is 0.195. The van der Waals surface area contributed by atoms with Crippen LogP contribution in [0.4, 0.5) is 5.69 Å². The van der Waals surface area contributed by atoms with E-state index < -0.39 is 0 Å². The number of carbonyl (C=O) groups is 1. The number of carbonyl (C=O) groups excluding carboxylic acids is 1. The lowest BCUT2D eigenvalue weighted by molar-refractivity contribution is 0.0922. The first-order chi connectivity index (χ1) is 12.9. The summed E-state index contributed by atoms with van der Waals surface area (Å²) in [5.74, 6) is 0.995. The number of piperidine rings is 1. The van der Waals surface area contributed by atoms with Crippen molar-refractivity contribution in [2.75, 3.05) is 18.0 Å². The molecule has 2 aliphatic rings. The van der Waals surface area contributed by atoms with Gasteiger partial charge in [-0.3, -0.25) is 14.2 Å². The molecule has 0 spiro atoms. The van der Waals surface area contributed by atoms with Crippen LogP contribution in [-0.4, -0.2) is 39.3 Å². The molecule has 0 aromatic carbocycles. The van der Waals surface area contributed by atoms with Crippen molar-refractivity contribution in [3.05, 3.63) is 44.6 Å². The third kappa shape index (κ3) is 3.41. The van der Waals surface area contributed by atoms with E-state index >= 15 is 0 Å². The van der Waals surface area contributed by atoms with Crippen molar-refractivity contribution in [2.45, 2.75) is 37.6 Å². The van der Waals surface area contributed by atoms with E-state index in [1.807, 2.05) is 4.90 Å². The van der Waals surface area contributed by atoms with Gasteiger partial charge >= 0.3 is 5.69 Å². The molecule has 144 valence electrons. The predicted octanol–water partition coefficient (Wildman–Crippen LogP) is 0.348.